The van der Waals surface area contributed by atoms with Crippen LogP contribution < -0.4 is 10.9 Å². The number of H-pyrrole nitrogens is 1. The molecule has 3 aromatic rings. The number of aliphatic hydroxyl groups excluding tert-OH is 1. The quantitative estimate of drug-likeness (QED) is 0.382. The van der Waals surface area contributed by atoms with Gasteiger partial charge < -0.3 is 25.6 Å². The number of aromatic hydroxyl groups is 1. The zero-order valence-corrected chi connectivity index (χ0v) is 18.2. The fourth-order valence-electron chi connectivity index (χ4n) is 4.08. The van der Waals surface area contributed by atoms with Crippen molar-refractivity contribution in [3.63, 3.8) is 0 Å². The van der Waals surface area contributed by atoms with Gasteiger partial charge in [0, 0.05) is 23.5 Å². The molecule has 1 aromatic heterocycles. The van der Waals surface area contributed by atoms with E-state index in [0.29, 0.717) is 12.8 Å². The number of rotatable bonds is 5. The number of benzene rings is 2. The monoisotopic (exact) mass is 445 g/mol. The largest absolute Gasteiger partial charge is 0.502 e. The van der Waals surface area contributed by atoms with Crippen LogP contribution >= 0.6 is 0 Å². The molecule has 7 nitrogen and oxygen atoms in total. The molecule has 1 fully saturated rings. The van der Waals surface area contributed by atoms with Crippen molar-refractivity contribution in [3.8, 4) is 17.6 Å². The highest BCUT2D eigenvalue weighted by Crippen LogP contribution is 2.30. The van der Waals surface area contributed by atoms with Crippen LogP contribution in [0.4, 0.5) is 0 Å². The first-order valence-corrected chi connectivity index (χ1v) is 11.0. The lowest BCUT2D eigenvalue weighted by molar-refractivity contribution is 0.00594. The number of nitrogens with zero attached hydrogens (tertiary/aromatic N) is 1. The highest BCUT2D eigenvalue weighted by molar-refractivity contribution is 5.45. The predicted octanol–water partition coefficient (Wildman–Crippen LogP) is 1.76. The normalized spacial score (nSPS) is 15.9. The van der Waals surface area contributed by atoms with Gasteiger partial charge in [0.2, 0.25) is 5.75 Å². The molecule has 0 spiro atoms. The van der Waals surface area contributed by atoms with Crippen LogP contribution in [0.1, 0.15) is 46.7 Å². The van der Waals surface area contributed by atoms with Crippen LogP contribution in [0.5, 0.6) is 5.75 Å². The SMILES string of the molecule is O=c1[nH]cnc(C[C@H](CO)c2ccc(C#Cc3ccc(C4(O)CCNCC4)cc3)cc2)c1O. The molecule has 0 saturated carbocycles. The summed E-state index contributed by atoms with van der Waals surface area (Å²) in [6, 6.07) is 15.3. The molecular formula is C26H27N3O4. The third-order valence-electron chi connectivity index (χ3n) is 6.15. The van der Waals surface area contributed by atoms with Crippen molar-refractivity contribution in [2.24, 2.45) is 0 Å². The van der Waals surface area contributed by atoms with Crippen molar-refractivity contribution >= 4 is 0 Å². The Kier molecular flexibility index (Phi) is 6.90. The van der Waals surface area contributed by atoms with E-state index in [4.69, 9.17) is 0 Å². The molecule has 2 heterocycles. The van der Waals surface area contributed by atoms with Crippen LogP contribution in [0.3, 0.4) is 0 Å². The summed E-state index contributed by atoms with van der Waals surface area (Å²) in [7, 11) is 0. The van der Waals surface area contributed by atoms with E-state index in [-0.39, 0.29) is 24.6 Å². The highest BCUT2D eigenvalue weighted by atomic mass is 16.3. The number of piperidine rings is 1. The van der Waals surface area contributed by atoms with E-state index in [0.717, 1.165) is 35.3 Å². The Labute approximate surface area is 192 Å². The van der Waals surface area contributed by atoms with Gasteiger partial charge in [0.05, 0.1) is 24.2 Å². The molecule has 33 heavy (non-hydrogen) atoms. The summed E-state index contributed by atoms with van der Waals surface area (Å²) in [5, 5.41) is 33.8. The number of hydrogen-bond acceptors (Lipinski definition) is 6. The highest BCUT2D eigenvalue weighted by Gasteiger charge is 2.30. The first-order valence-electron chi connectivity index (χ1n) is 11.0. The van der Waals surface area contributed by atoms with Crippen LogP contribution in [0.2, 0.25) is 0 Å². The van der Waals surface area contributed by atoms with Gasteiger partial charge in [-0.15, -0.1) is 0 Å². The molecule has 4 rings (SSSR count). The minimum absolute atomic E-state index is 0.145. The van der Waals surface area contributed by atoms with Crippen molar-refractivity contribution in [2.75, 3.05) is 19.7 Å². The summed E-state index contributed by atoms with van der Waals surface area (Å²) >= 11 is 0. The van der Waals surface area contributed by atoms with Crippen LogP contribution in [0.15, 0.2) is 59.7 Å². The van der Waals surface area contributed by atoms with Crippen molar-refractivity contribution in [2.45, 2.75) is 30.8 Å². The summed E-state index contributed by atoms with van der Waals surface area (Å²) in [6.45, 7) is 1.48. The van der Waals surface area contributed by atoms with E-state index in [2.05, 4.69) is 27.1 Å². The summed E-state index contributed by atoms with van der Waals surface area (Å²) in [4.78, 5) is 17.9. The lowest BCUT2D eigenvalue weighted by Gasteiger charge is -2.33. The van der Waals surface area contributed by atoms with E-state index in [1.165, 1.54) is 6.33 Å². The fraction of sp³-hybridized carbons (Fsp3) is 0.308. The Hall–Kier alpha value is -3.44. The van der Waals surface area contributed by atoms with E-state index in [1.54, 1.807) is 0 Å². The van der Waals surface area contributed by atoms with Crippen LogP contribution in [0.25, 0.3) is 0 Å². The Morgan fingerprint density at radius 2 is 1.61 bits per heavy atom. The predicted molar refractivity (Wildman–Crippen MR) is 125 cm³/mol. The molecule has 0 unspecified atom stereocenters. The van der Waals surface area contributed by atoms with Gasteiger partial charge in [-0.25, -0.2) is 4.98 Å². The number of aliphatic hydroxyl groups is 2. The average molecular weight is 446 g/mol. The maximum Gasteiger partial charge on any atom is 0.293 e. The van der Waals surface area contributed by atoms with E-state index in [1.807, 2.05) is 48.5 Å². The molecule has 1 saturated heterocycles. The molecule has 0 bridgehead atoms. The molecule has 2 aromatic carbocycles. The molecule has 7 heteroatoms. The van der Waals surface area contributed by atoms with Crippen molar-refractivity contribution < 1.29 is 15.3 Å². The minimum Gasteiger partial charge on any atom is -0.502 e. The third-order valence-corrected chi connectivity index (χ3v) is 6.15. The molecule has 0 aliphatic carbocycles. The van der Waals surface area contributed by atoms with Crippen molar-refractivity contribution in [1.82, 2.24) is 15.3 Å². The van der Waals surface area contributed by atoms with Gasteiger partial charge in [-0.1, -0.05) is 36.1 Å². The second-order valence-corrected chi connectivity index (χ2v) is 8.34. The maximum atomic E-state index is 11.6. The summed E-state index contributed by atoms with van der Waals surface area (Å²) in [6.07, 6.45) is 2.89. The third kappa shape index (κ3) is 5.32. The maximum absolute atomic E-state index is 11.6. The molecule has 1 aliphatic rings. The van der Waals surface area contributed by atoms with E-state index >= 15 is 0 Å². The van der Waals surface area contributed by atoms with Gasteiger partial charge in [0.15, 0.2) is 0 Å². The molecule has 0 radical (unpaired) electrons. The Morgan fingerprint density at radius 3 is 2.21 bits per heavy atom. The van der Waals surface area contributed by atoms with Gasteiger partial charge in [0.1, 0.15) is 0 Å². The smallest absolute Gasteiger partial charge is 0.293 e. The number of aromatic nitrogens is 2. The molecule has 0 amide bonds. The Morgan fingerprint density at radius 1 is 1.00 bits per heavy atom. The van der Waals surface area contributed by atoms with Gasteiger partial charge in [-0.2, -0.15) is 0 Å². The summed E-state index contributed by atoms with van der Waals surface area (Å²) < 4.78 is 0. The van der Waals surface area contributed by atoms with Gasteiger partial charge in [0.25, 0.3) is 5.56 Å². The topological polar surface area (TPSA) is 118 Å². The first-order chi connectivity index (χ1) is 16.0. The van der Waals surface area contributed by atoms with Crippen LogP contribution in [-0.2, 0) is 12.0 Å². The summed E-state index contributed by atoms with van der Waals surface area (Å²) in [5.41, 5.74) is 2.37. The van der Waals surface area contributed by atoms with Gasteiger partial charge >= 0.3 is 0 Å². The van der Waals surface area contributed by atoms with E-state index < -0.39 is 16.9 Å². The van der Waals surface area contributed by atoms with E-state index in [9.17, 15) is 20.1 Å². The molecule has 1 aliphatic heterocycles. The van der Waals surface area contributed by atoms with Crippen LogP contribution in [0, 0.1) is 11.8 Å². The zero-order valence-electron chi connectivity index (χ0n) is 18.2. The van der Waals surface area contributed by atoms with Crippen molar-refractivity contribution in [1.29, 1.82) is 0 Å². The Bertz CT molecular complexity index is 1200. The zero-order chi connectivity index (χ0) is 23.3. The summed E-state index contributed by atoms with van der Waals surface area (Å²) in [5.74, 6) is 5.56. The van der Waals surface area contributed by atoms with Gasteiger partial charge in [-0.05, 0) is 61.3 Å². The number of aromatic amines is 1. The lowest BCUT2D eigenvalue weighted by atomic mass is 9.85. The van der Waals surface area contributed by atoms with Crippen molar-refractivity contribution in [3.05, 3.63) is 93.2 Å². The molecule has 5 N–H and O–H groups in total. The second kappa shape index (κ2) is 10.0. The average Bonchev–Trinajstić information content (AvgIpc) is 2.85. The van der Waals surface area contributed by atoms with Gasteiger partial charge in [-0.3, -0.25) is 4.79 Å². The van der Waals surface area contributed by atoms with Crippen LogP contribution in [-0.4, -0.2) is 45.0 Å². The number of nitrogens with one attached hydrogen (secondary N) is 2. The fourth-order valence-corrected chi connectivity index (χ4v) is 4.08. The Balaban J connectivity index is 1.44. The lowest BCUT2D eigenvalue weighted by Crippen LogP contribution is -2.39. The number of hydrogen-bond donors (Lipinski definition) is 5. The molecule has 1 atom stereocenters. The standard InChI is InChI=1S/C26H27N3O4/c30-16-21(15-23-24(31)25(32)29-17-28-23)20-7-3-18(4-8-20)1-2-19-5-9-22(10-6-19)26(33)11-13-27-14-12-26/h3-10,17,21,27,30-31,33H,11-16H2,(H,28,29,32)/t21-/m1/s1. The first kappa shape index (κ1) is 22.7. The minimum atomic E-state index is -0.768. The second-order valence-electron chi connectivity index (χ2n) is 8.34. The molecular weight excluding hydrogens is 418 g/mol. The molecule has 170 valence electrons.